The molecule has 0 saturated carbocycles. The van der Waals surface area contributed by atoms with Gasteiger partial charge in [0.2, 0.25) is 0 Å². The molecule has 39 heavy (non-hydrogen) atoms. The molecular weight excluding hydrogens is 515 g/mol. The third-order valence-corrected chi connectivity index (χ3v) is 7.77. The predicted molar refractivity (Wildman–Crippen MR) is 157 cm³/mol. The van der Waals surface area contributed by atoms with E-state index in [1.54, 1.807) is 0 Å². The Morgan fingerprint density at radius 1 is 1.03 bits per heavy atom. The van der Waals surface area contributed by atoms with Crippen LogP contribution in [-0.2, 0) is 12.6 Å². The van der Waals surface area contributed by atoms with E-state index in [4.69, 9.17) is 11.6 Å². The van der Waals surface area contributed by atoms with Gasteiger partial charge in [-0.05, 0) is 83.7 Å². The Hall–Kier alpha value is -3.50. The van der Waals surface area contributed by atoms with Crippen LogP contribution in [0.15, 0.2) is 90.7 Å². The highest BCUT2D eigenvalue weighted by Crippen LogP contribution is 2.41. The Bertz CT molecular complexity index is 1480. The molecule has 1 nitrogen and oxygen atoms in total. The van der Waals surface area contributed by atoms with Crippen LogP contribution in [-0.4, -0.2) is 6.04 Å². The molecule has 1 aliphatic heterocycles. The van der Waals surface area contributed by atoms with Crippen molar-refractivity contribution < 1.29 is 13.2 Å². The number of halogens is 4. The molecule has 0 aromatic heterocycles. The summed E-state index contributed by atoms with van der Waals surface area (Å²) in [6.07, 6.45) is 8.83. The van der Waals surface area contributed by atoms with E-state index in [-0.39, 0.29) is 11.1 Å². The summed E-state index contributed by atoms with van der Waals surface area (Å²) in [5, 5.41) is 3.88. The second-order valence-electron chi connectivity index (χ2n) is 10.1. The lowest BCUT2D eigenvalue weighted by Crippen LogP contribution is -2.26. The SMILES string of the molecule is C/C=C/c1ccc(C(/C2=C/c3ccccc3CC3C=CC(C3)N2)=C(/CC)c2ccc(C(F)(F)F)cc2Cl)cc1. The number of benzene rings is 3. The van der Waals surface area contributed by atoms with Crippen LogP contribution in [0.2, 0.25) is 5.02 Å². The fraction of sp³-hybridized carbons (Fsp3) is 0.235. The zero-order valence-corrected chi connectivity index (χ0v) is 22.8. The van der Waals surface area contributed by atoms with Gasteiger partial charge in [0.1, 0.15) is 0 Å². The minimum absolute atomic E-state index is 0.0922. The summed E-state index contributed by atoms with van der Waals surface area (Å²) in [6.45, 7) is 4.00. The Morgan fingerprint density at radius 3 is 2.49 bits per heavy atom. The largest absolute Gasteiger partial charge is 0.416 e. The number of nitrogens with one attached hydrogen (secondary N) is 1. The highest BCUT2D eigenvalue weighted by atomic mass is 35.5. The van der Waals surface area contributed by atoms with Crippen LogP contribution in [0.5, 0.6) is 0 Å². The summed E-state index contributed by atoms with van der Waals surface area (Å²) in [5.74, 6) is 0.457. The Morgan fingerprint density at radius 2 is 1.79 bits per heavy atom. The molecule has 0 amide bonds. The van der Waals surface area contributed by atoms with Crippen LogP contribution in [0.25, 0.3) is 23.3 Å². The van der Waals surface area contributed by atoms with Crippen molar-refractivity contribution in [2.24, 2.45) is 5.92 Å². The molecule has 1 N–H and O–H groups in total. The molecule has 0 spiro atoms. The second-order valence-corrected chi connectivity index (χ2v) is 10.5. The molecule has 0 radical (unpaired) electrons. The number of alkyl halides is 3. The van der Waals surface area contributed by atoms with Crippen molar-refractivity contribution in [3.63, 3.8) is 0 Å². The fourth-order valence-corrected chi connectivity index (χ4v) is 5.90. The fourth-order valence-electron chi connectivity index (χ4n) is 5.60. The van der Waals surface area contributed by atoms with Crippen LogP contribution < -0.4 is 5.32 Å². The average molecular weight is 546 g/mol. The number of allylic oxidation sites excluding steroid dienone is 4. The van der Waals surface area contributed by atoms with E-state index >= 15 is 0 Å². The van der Waals surface area contributed by atoms with E-state index in [1.165, 1.54) is 11.6 Å². The van der Waals surface area contributed by atoms with Gasteiger partial charge in [0.05, 0.1) is 5.56 Å². The van der Waals surface area contributed by atoms with Crippen LogP contribution >= 0.6 is 11.6 Å². The molecular formula is C34H31ClF3N. The molecule has 0 fully saturated rings. The highest BCUT2D eigenvalue weighted by molar-refractivity contribution is 6.33. The molecule has 5 heteroatoms. The lowest BCUT2D eigenvalue weighted by molar-refractivity contribution is -0.137. The van der Waals surface area contributed by atoms with Crippen molar-refractivity contribution >= 4 is 34.9 Å². The van der Waals surface area contributed by atoms with Gasteiger partial charge < -0.3 is 5.32 Å². The number of rotatable bonds is 5. The van der Waals surface area contributed by atoms with Gasteiger partial charge in [0.25, 0.3) is 0 Å². The van der Waals surface area contributed by atoms with E-state index in [0.717, 1.165) is 58.5 Å². The molecule has 0 saturated heterocycles. The predicted octanol–water partition coefficient (Wildman–Crippen LogP) is 9.84. The summed E-state index contributed by atoms with van der Waals surface area (Å²) < 4.78 is 40.3. The number of hydrogen-bond donors (Lipinski definition) is 1. The minimum Gasteiger partial charge on any atom is -0.378 e. The van der Waals surface area contributed by atoms with Crippen LogP contribution in [0, 0.1) is 5.92 Å². The van der Waals surface area contributed by atoms with E-state index in [1.807, 2.05) is 32.1 Å². The van der Waals surface area contributed by atoms with E-state index in [2.05, 4.69) is 66.0 Å². The smallest absolute Gasteiger partial charge is 0.378 e. The van der Waals surface area contributed by atoms with Gasteiger partial charge >= 0.3 is 6.18 Å². The van der Waals surface area contributed by atoms with Gasteiger partial charge in [0.15, 0.2) is 0 Å². The van der Waals surface area contributed by atoms with Crippen molar-refractivity contribution in [2.75, 3.05) is 0 Å². The molecule has 2 atom stereocenters. The van der Waals surface area contributed by atoms with Crippen molar-refractivity contribution in [3.05, 3.63) is 129 Å². The maximum atomic E-state index is 13.4. The van der Waals surface area contributed by atoms with E-state index < -0.39 is 11.7 Å². The Labute approximate surface area is 233 Å². The van der Waals surface area contributed by atoms with Gasteiger partial charge in [-0.15, -0.1) is 0 Å². The van der Waals surface area contributed by atoms with Gasteiger partial charge in [-0.1, -0.05) is 97.4 Å². The summed E-state index contributed by atoms with van der Waals surface area (Å²) in [5.41, 5.74) is 7.10. The van der Waals surface area contributed by atoms with E-state index in [9.17, 15) is 13.2 Å². The standard InChI is InChI=1S/C34H31ClF3N/c1-3-7-22-10-13-24(14-11-22)33(29(4-2)30-17-15-27(21-31(30)35)34(36,37)38)32-20-26-9-6-5-8-25(26)18-23-12-16-28(19-23)39-32/h3,5-17,20-21,23,28,39H,4,18-19H2,1-2H3/b7-3+,32-20-,33-29+. The van der Waals surface area contributed by atoms with E-state index in [0.29, 0.717) is 17.9 Å². The molecule has 1 aliphatic carbocycles. The lowest BCUT2D eigenvalue weighted by atomic mass is 9.88. The zero-order valence-electron chi connectivity index (χ0n) is 22.0. The summed E-state index contributed by atoms with van der Waals surface area (Å²) in [6, 6.07) is 20.5. The van der Waals surface area contributed by atoms with Gasteiger partial charge in [-0.25, -0.2) is 0 Å². The average Bonchev–Trinajstić information content (AvgIpc) is 3.37. The molecule has 2 aliphatic rings. The molecule has 3 aromatic carbocycles. The first-order valence-corrected chi connectivity index (χ1v) is 13.7. The third-order valence-electron chi connectivity index (χ3n) is 7.45. The molecule has 1 heterocycles. The zero-order chi connectivity index (χ0) is 27.6. The second kappa shape index (κ2) is 11.3. The minimum atomic E-state index is -4.46. The third kappa shape index (κ3) is 5.91. The van der Waals surface area contributed by atoms with Gasteiger partial charge in [-0.2, -0.15) is 13.2 Å². The molecule has 5 rings (SSSR count). The summed E-state index contributed by atoms with van der Waals surface area (Å²) >= 11 is 6.58. The maximum absolute atomic E-state index is 13.4. The Kier molecular flexibility index (Phi) is 7.86. The lowest BCUT2D eigenvalue weighted by Gasteiger charge is -2.24. The van der Waals surface area contributed by atoms with Crippen molar-refractivity contribution in [1.29, 1.82) is 0 Å². The Balaban J connectivity index is 1.76. The van der Waals surface area contributed by atoms with Crippen molar-refractivity contribution in [3.8, 4) is 0 Å². The van der Waals surface area contributed by atoms with Crippen LogP contribution in [0.1, 0.15) is 60.1 Å². The first-order chi connectivity index (χ1) is 18.8. The molecule has 3 aromatic rings. The monoisotopic (exact) mass is 545 g/mol. The maximum Gasteiger partial charge on any atom is 0.416 e. The normalized spacial score (nSPS) is 20.8. The van der Waals surface area contributed by atoms with Gasteiger partial charge in [0, 0.05) is 22.3 Å². The topological polar surface area (TPSA) is 12.0 Å². The summed E-state index contributed by atoms with van der Waals surface area (Å²) in [7, 11) is 0. The summed E-state index contributed by atoms with van der Waals surface area (Å²) in [4.78, 5) is 0. The first kappa shape index (κ1) is 27.1. The van der Waals surface area contributed by atoms with Crippen molar-refractivity contribution in [1.82, 2.24) is 5.32 Å². The first-order valence-electron chi connectivity index (χ1n) is 13.3. The van der Waals surface area contributed by atoms with Gasteiger partial charge in [-0.3, -0.25) is 0 Å². The number of fused-ring (bicyclic) bond motifs is 3. The van der Waals surface area contributed by atoms with Crippen LogP contribution in [0.3, 0.4) is 0 Å². The molecule has 2 bridgehead atoms. The van der Waals surface area contributed by atoms with Crippen LogP contribution in [0.4, 0.5) is 13.2 Å². The molecule has 2 unspecified atom stereocenters. The highest BCUT2D eigenvalue weighted by Gasteiger charge is 2.31. The number of hydrogen-bond acceptors (Lipinski definition) is 1. The quantitative estimate of drug-likeness (QED) is 0.248. The molecule has 200 valence electrons. The van der Waals surface area contributed by atoms with Crippen molar-refractivity contribution in [2.45, 2.75) is 45.3 Å².